The largest absolute Gasteiger partial charge is 0.508 e. The van der Waals surface area contributed by atoms with E-state index in [1.165, 1.54) is 14.2 Å². The first-order chi connectivity index (χ1) is 20.0. The second-order valence-electron chi connectivity index (χ2n) is 12.3. The summed E-state index contributed by atoms with van der Waals surface area (Å²) in [5.74, 6) is -2.82. The molecule has 2 aliphatic rings. The number of ether oxygens (including phenoxy) is 4. The molecular formula is C31H45NO11. The van der Waals surface area contributed by atoms with Crippen molar-refractivity contribution in [3.8, 4) is 11.5 Å². The molecule has 12 nitrogen and oxygen atoms in total. The molecule has 1 aromatic rings. The molecule has 7 unspecified atom stereocenters. The quantitative estimate of drug-likeness (QED) is 0.133. The van der Waals surface area contributed by atoms with Crippen molar-refractivity contribution in [2.45, 2.75) is 103 Å². The van der Waals surface area contributed by atoms with Crippen molar-refractivity contribution in [2.24, 2.45) is 11.3 Å². The van der Waals surface area contributed by atoms with E-state index in [1.54, 1.807) is 34.6 Å². The number of esters is 1. The van der Waals surface area contributed by atoms with Crippen LogP contribution in [-0.4, -0.2) is 95.2 Å². The van der Waals surface area contributed by atoms with Crippen LogP contribution in [0.15, 0.2) is 18.2 Å². The van der Waals surface area contributed by atoms with Gasteiger partial charge in [0.05, 0.1) is 18.3 Å². The van der Waals surface area contributed by atoms with Crippen molar-refractivity contribution in [1.82, 2.24) is 5.32 Å². The van der Waals surface area contributed by atoms with E-state index >= 15 is 0 Å². The third-order valence-electron chi connectivity index (χ3n) is 8.78. The molecule has 2 heterocycles. The van der Waals surface area contributed by atoms with Crippen molar-refractivity contribution in [2.75, 3.05) is 14.2 Å². The number of ketones is 1. The van der Waals surface area contributed by atoms with Crippen LogP contribution in [-0.2, 0) is 35.0 Å². The van der Waals surface area contributed by atoms with Crippen LogP contribution in [0.1, 0.15) is 68.4 Å². The summed E-state index contributed by atoms with van der Waals surface area (Å²) in [4.78, 5) is 38.9. The minimum Gasteiger partial charge on any atom is -0.508 e. The maximum atomic E-state index is 13.3. The Bertz CT molecular complexity index is 1230. The van der Waals surface area contributed by atoms with Gasteiger partial charge in [0.1, 0.15) is 35.1 Å². The van der Waals surface area contributed by atoms with Gasteiger partial charge in [-0.3, -0.25) is 9.59 Å². The van der Waals surface area contributed by atoms with E-state index in [2.05, 4.69) is 11.9 Å². The summed E-state index contributed by atoms with van der Waals surface area (Å²) in [6.45, 7) is 12.3. The summed E-state index contributed by atoms with van der Waals surface area (Å²) >= 11 is 0. The van der Waals surface area contributed by atoms with Gasteiger partial charge in [-0.15, -0.1) is 6.58 Å². The average molecular weight is 608 g/mol. The Morgan fingerprint density at radius 2 is 1.79 bits per heavy atom. The third-order valence-corrected chi connectivity index (χ3v) is 8.78. The molecule has 0 radical (unpaired) electrons. The van der Waals surface area contributed by atoms with E-state index in [0.29, 0.717) is 11.1 Å². The van der Waals surface area contributed by atoms with Gasteiger partial charge in [0.15, 0.2) is 12.3 Å². The number of aromatic hydroxyl groups is 2. The van der Waals surface area contributed by atoms with Crippen molar-refractivity contribution in [1.29, 1.82) is 0 Å². The van der Waals surface area contributed by atoms with Gasteiger partial charge >= 0.3 is 5.97 Å². The molecule has 1 amide bonds. The Balaban J connectivity index is 1.74. The molecule has 0 bridgehead atoms. The van der Waals surface area contributed by atoms with Crippen LogP contribution in [0.5, 0.6) is 11.5 Å². The second-order valence-corrected chi connectivity index (χ2v) is 12.3. The van der Waals surface area contributed by atoms with Gasteiger partial charge in [-0.1, -0.05) is 26.3 Å². The second kappa shape index (κ2) is 13.7. The number of rotatable bonds is 12. The smallest absolute Gasteiger partial charge is 0.342 e. The molecule has 5 N–H and O–H groups in total. The first-order valence-corrected chi connectivity index (χ1v) is 14.3. The maximum absolute atomic E-state index is 13.3. The lowest BCUT2D eigenvalue weighted by Crippen LogP contribution is -2.58. The first kappa shape index (κ1) is 34.5. The summed E-state index contributed by atoms with van der Waals surface area (Å²) in [6.07, 6.45) is -6.65. The standard InChI is InChI=1S/C31H45NO11/c1-14(2)9-22(40-7)27(37)28(38)32-29(41-8)23-13-24(36)31(5,6)25(42-23)12-19(34)16(4)21-10-17-15(3)18(33)11-20(35)26(17)30(39)43-21/h11,16,19,21-23,25,27,29,33-35,37H,1,9-10,12-13H2,2-8H3,(H,32,38)/t16?,19?,21?,22?,23?,25-,27?,29?/m1/s1. The van der Waals surface area contributed by atoms with E-state index in [0.717, 1.165) is 11.6 Å². The van der Waals surface area contributed by atoms with E-state index in [-0.39, 0.29) is 48.5 Å². The van der Waals surface area contributed by atoms with Crippen LogP contribution in [0.3, 0.4) is 0 Å². The number of cyclic esters (lactones) is 1. The molecule has 1 saturated heterocycles. The highest BCUT2D eigenvalue weighted by molar-refractivity contribution is 5.96. The van der Waals surface area contributed by atoms with Gasteiger partial charge in [-0.25, -0.2) is 4.79 Å². The van der Waals surface area contributed by atoms with Gasteiger partial charge in [0.2, 0.25) is 0 Å². The lowest BCUT2D eigenvalue weighted by molar-refractivity contribution is -0.188. The Kier molecular flexibility index (Phi) is 11.0. The molecule has 12 heteroatoms. The van der Waals surface area contributed by atoms with Gasteiger partial charge < -0.3 is 44.7 Å². The van der Waals surface area contributed by atoms with E-state index < -0.39 is 66.1 Å². The molecule has 240 valence electrons. The van der Waals surface area contributed by atoms with Crippen LogP contribution in [0.2, 0.25) is 0 Å². The molecule has 0 aliphatic carbocycles. The number of aliphatic hydroxyl groups is 2. The van der Waals surface area contributed by atoms with Crippen molar-refractivity contribution >= 4 is 17.7 Å². The summed E-state index contributed by atoms with van der Waals surface area (Å²) in [6, 6.07) is 1.10. The summed E-state index contributed by atoms with van der Waals surface area (Å²) in [5.41, 5.74) is 0.607. The van der Waals surface area contributed by atoms with E-state index in [4.69, 9.17) is 18.9 Å². The molecule has 0 aromatic heterocycles. The monoisotopic (exact) mass is 607 g/mol. The summed E-state index contributed by atoms with van der Waals surface area (Å²) in [7, 11) is 2.72. The number of amides is 1. The molecule has 1 aromatic carbocycles. The SMILES string of the molecule is C=C(C)CC(OC)C(O)C(=O)NC(OC)C1CC(=O)C(C)(C)[C@@H](CC(O)C(C)C2Cc3c(C)c(O)cc(O)c3C(=O)O2)O1. The Morgan fingerprint density at radius 3 is 2.37 bits per heavy atom. The Morgan fingerprint density at radius 1 is 1.14 bits per heavy atom. The molecule has 8 atom stereocenters. The highest BCUT2D eigenvalue weighted by Gasteiger charge is 2.48. The fourth-order valence-electron chi connectivity index (χ4n) is 5.65. The van der Waals surface area contributed by atoms with Gasteiger partial charge in [0, 0.05) is 50.9 Å². The molecule has 43 heavy (non-hydrogen) atoms. The minimum absolute atomic E-state index is 0.00104. The number of aliphatic hydroxyl groups excluding tert-OH is 2. The number of hydrogen-bond donors (Lipinski definition) is 5. The maximum Gasteiger partial charge on any atom is 0.342 e. The number of carbonyl (C=O) groups excluding carboxylic acids is 3. The molecule has 0 spiro atoms. The fourth-order valence-corrected chi connectivity index (χ4v) is 5.65. The fraction of sp³-hybridized carbons (Fsp3) is 0.645. The van der Waals surface area contributed by atoms with Crippen LogP contribution >= 0.6 is 0 Å². The van der Waals surface area contributed by atoms with Crippen LogP contribution < -0.4 is 5.32 Å². The number of phenolic OH excluding ortho intramolecular Hbond substituents is 2. The van der Waals surface area contributed by atoms with E-state index in [9.17, 15) is 34.8 Å². The van der Waals surface area contributed by atoms with Gasteiger partial charge in [-0.2, -0.15) is 0 Å². The predicted molar refractivity (Wildman–Crippen MR) is 154 cm³/mol. The number of fused-ring (bicyclic) bond motifs is 1. The summed E-state index contributed by atoms with van der Waals surface area (Å²) < 4.78 is 22.5. The first-order valence-electron chi connectivity index (χ1n) is 14.3. The number of Topliss-reactive ketones (excluding diaryl/α,β-unsaturated/α-hetero) is 1. The zero-order chi connectivity index (χ0) is 32.4. The lowest BCUT2D eigenvalue weighted by atomic mass is 9.74. The topological polar surface area (TPSA) is 181 Å². The molecule has 3 rings (SSSR count). The normalized spacial score (nSPS) is 25.1. The van der Waals surface area contributed by atoms with Crippen molar-refractivity contribution < 1.29 is 53.8 Å². The number of hydrogen-bond acceptors (Lipinski definition) is 11. The molecule has 1 fully saturated rings. The number of phenols is 2. The van der Waals surface area contributed by atoms with Crippen LogP contribution in [0, 0.1) is 18.3 Å². The highest BCUT2D eigenvalue weighted by Crippen LogP contribution is 2.40. The van der Waals surface area contributed by atoms with Crippen molar-refractivity contribution in [3.63, 3.8) is 0 Å². The van der Waals surface area contributed by atoms with Crippen molar-refractivity contribution in [3.05, 3.63) is 34.9 Å². The Labute approximate surface area is 252 Å². The van der Waals surface area contributed by atoms with E-state index in [1.807, 2.05) is 0 Å². The zero-order valence-corrected chi connectivity index (χ0v) is 25.9. The number of benzene rings is 1. The molecule has 0 saturated carbocycles. The highest BCUT2D eigenvalue weighted by atomic mass is 16.6. The molecule has 2 aliphatic heterocycles. The lowest BCUT2D eigenvalue weighted by Gasteiger charge is -2.44. The molecular weight excluding hydrogens is 562 g/mol. The van der Waals surface area contributed by atoms with Gasteiger partial charge in [-0.05, 0) is 31.4 Å². The summed E-state index contributed by atoms with van der Waals surface area (Å²) in [5, 5.41) is 44.8. The van der Waals surface area contributed by atoms with Gasteiger partial charge in [0.25, 0.3) is 5.91 Å². The predicted octanol–water partition coefficient (Wildman–Crippen LogP) is 2.06. The zero-order valence-electron chi connectivity index (χ0n) is 25.9. The number of carbonyl (C=O) groups is 3. The Hall–Kier alpha value is -3.03. The number of nitrogens with one attached hydrogen (secondary N) is 1. The van der Waals surface area contributed by atoms with Crippen LogP contribution in [0.4, 0.5) is 0 Å². The average Bonchev–Trinajstić information content (AvgIpc) is 2.94. The minimum atomic E-state index is -1.52. The van der Waals surface area contributed by atoms with Crippen LogP contribution in [0.25, 0.3) is 0 Å². The third kappa shape index (κ3) is 7.38. The number of methoxy groups -OCH3 is 2.